The summed E-state index contributed by atoms with van der Waals surface area (Å²) in [6.45, 7) is 1.95. The lowest BCUT2D eigenvalue weighted by molar-refractivity contribution is -0.115. The summed E-state index contributed by atoms with van der Waals surface area (Å²) in [6.07, 6.45) is 2.89. The van der Waals surface area contributed by atoms with Crippen LogP contribution in [0.2, 0.25) is 10.0 Å². The van der Waals surface area contributed by atoms with Gasteiger partial charge in [-0.2, -0.15) is 0 Å². The van der Waals surface area contributed by atoms with E-state index in [2.05, 4.69) is 10.6 Å². The third-order valence-electron chi connectivity index (χ3n) is 3.87. The average molecular weight is 431 g/mol. The van der Waals surface area contributed by atoms with Crippen molar-refractivity contribution in [2.45, 2.75) is 6.92 Å². The molecule has 1 aromatic heterocycles. The summed E-state index contributed by atoms with van der Waals surface area (Å²) in [5.41, 5.74) is 2.55. The standard InChI is InChI=1S/C21H16Cl2N2O2S/c1-13-5-2-3-8-17(13)24-21(28)25-19(26)12-10-14-9-11-18(27-14)15-6-4-7-16(22)20(15)23/h2-12H,1H3,(H2,24,25,26,28). The molecule has 0 saturated carbocycles. The number of nitrogens with one attached hydrogen (secondary N) is 2. The number of hydrogen-bond donors (Lipinski definition) is 2. The van der Waals surface area contributed by atoms with Crippen LogP contribution < -0.4 is 10.6 Å². The molecule has 0 aliphatic heterocycles. The van der Waals surface area contributed by atoms with E-state index in [1.807, 2.05) is 37.3 Å². The van der Waals surface area contributed by atoms with E-state index in [1.165, 1.54) is 6.08 Å². The van der Waals surface area contributed by atoms with Crippen molar-refractivity contribution < 1.29 is 9.21 Å². The average Bonchev–Trinajstić information content (AvgIpc) is 3.13. The Morgan fingerprint density at radius 1 is 1.07 bits per heavy atom. The van der Waals surface area contributed by atoms with E-state index in [0.717, 1.165) is 11.3 Å². The molecule has 2 aromatic carbocycles. The summed E-state index contributed by atoms with van der Waals surface area (Å²) in [5, 5.41) is 6.67. The van der Waals surface area contributed by atoms with Crippen LogP contribution in [0.4, 0.5) is 5.69 Å². The second kappa shape index (κ2) is 9.06. The lowest BCUT2D eigenvalue weighted by atomic mass is 10.2. The minimum Gasteiger partial charge on any atom is -0.457 e. The van der Waals surface area contributed by atoms with Gasteiger partial charge in [0.1, 0.15) is 11.5 Å². The summed E-state index contributed by atoms with van der Waals surface area (Å²) < 4.78 is 5.71. The Morgan fingerprint density at radius 3 is 2.64 bits per heavy atom. The first-order chi connectivity index (χ1) is 13.4. The fourth-order valence-electron chi connectivity index (χ4n) is 2.46. The van der Waals surface area contributed by atoms with Gasteiger partial charge in [-0.1, -0.05) is 47.5 Å². The fourth-order valence-corrected chi connectivity index (χ4v) is 3.06. The van der Waals surface area contributed by atoms with Crippen molar-refractivity contribution in [3.05, 3.63) is 82.0 Å². The highest BCUT2D eigenvalue weighted by Gasteiger charge is 2.10. The Morgan fingerprint density at radius 2 is 1.86 bits per heavy atom. The van der Waals surface area contributed by atoms with E-state index >= 15 is 0 Å². The number of benzene rings is 2. The van der Waals surface area contributed by atoms with Gasteiger partial charge in [0.2, 0.25) is 5.91 Å². The zero-order valence-electron chi connectivity index (χ0n) is 14.8. The summed E-state index contributed by atoms with van der Waals surface area (Å²) >= 11 is 17.4. The molecule has 0 fully saturated rings. The van der Waals surface area contributed by atoms with E-state index in [0.29, 0.717) is 27.1 Å². The van der Waals surface area contributed by atoms with Gasteiger partial charge in [0.25, 0.3) is 0 Å². The highest BCUT2D eigenvalue weighted by molar-refractivity contribution is 7.80. The molecule has 0 atom stereocenters. The van der Waals surface area contributed by atoms with Crippen LogP contribution in [-0.2, 0) is 4.79 Å². The van der Waals surface area contributed by atoms with Gasteiger partial charge in [-0.15, -0.1) is 0 Å². The van der Waals surface area contributed by atoms with Gasteiger partial charge in [0, 0.05) is 17.3 Å². The molecule has 1 amide bonds. The van der Waals surface area contributed by atoms with Crippen molar-refractivity contribution in [3.63, 3.8) is 0 Å². The summed E-state index contributed by atoms with van der Waals surface area (Å²) in [5.74, 6) is 0.688. The zero-order chi connectivity index (χ0) is 20.1. The molecule has 1 heterocycles. The molecule has 4 nitrogen and oxygen atoms in total. The second-order valence-corrected chi connectivity index (χ2v) is 7.09. The van der Waals surface area contributed by atoms with E-state index in [1.54, 1.807) is 30.3 Å². The number of halogens is 2. The molecule has 0 saturated heterocycles. The van der Waals surface area contributed by atoms with Crippen molar-refractivity contribution in [1.82, 2.24) is 5.32 Å². The van der Waals surface area contributed by atoms with Crippen molar-refractivity contribution in [1.29, 1.82) is 0 Å². The summed E-state index contributed by atoms with van der Waals surface area (Å²) in [4.78, 5) is 12.1. The van der Waals surface area contributed by atoms with E-state index in [4.69, 9.17) is 39.8 Å². The minimum atomic E-state index is -0.371. The molecule has 7 heteroatoms. The Labute approximate surface area is 178 Å². The van der Waals surface area contributed by atoms with Gasteiger partial charge < -0.3 is 9.73 Å². The third kappa shape index (κ3) is 5.01. The molecular formula is C21H16Cl2N2O2S. The number of anilines is 1. The van der Waals surface area contributed by atoms with Crippen LogP contribution in [0.3, 0.4) is 0 Å². The van der Waals surface area contributed by atoms with Crippen molar-refractivity contribution >= 4 is 58.2 Å². The normalized spacial score (nSPS) is 10.8. The molecule has 0 spiro atoms. The number of para-hydroxylation sites is 1. The lowest BCUT2D eigenvalue weighted by Crippen LogP contribution is -2.33. The quantitative estimate of drug-likeness (QED) is 0.388. The molecule has 0 bridgehead atoms. The number of carbonyl (C=O) groups is 1. The van der Waals surface area contributed by atoms with Crippen molar-refractivity contribution in [3.8, 4) is 11.3 Å². The summed E-state index contributed by atoms with van der Waals surface area (Å²) in [7, 11) is 0. The van der Waals surface area contributed by atoms with Crippen LogP contribution in [0.15, 0.2) is 65.1 Å². The molecule has 2 N–H and O–H groups in total. The Kier molecular flexibility index (Phi) is 6.52. The predicted octanol–water partition coefficient (Wildman–Crippen LogP) is 6.09. The number of amides is 1. The maximum Gasteiger partial charge on any atom is 0.250 e. The molecular weight excluding hydrogens is 415 g/mol. The Balaban J connectivity index is 1.62. The number of aryl methyl sites for hydroxylation is 1. The molecule has 0 aliphatic carbocycles. The van der Waals surface area contributed by atoms with Gasteiger partial charge in [-0.3, -0.25) is 10.1 Å². The van der Waals surface area contributed by atoms with E-state index in [-0.39, 0.29) is 11.0 Å². The number of rotatable bonds is 4. The minimum absolute atomic E-state index is 0.217. The maximum absolute atomic E-state index is 12.1. The molecule has 3 rings (SSSR count). The third-order valence-corrected chi connectivity index (χ3v) is 4.90. The highest BCUT2D eigenvalue weighted by Crippen LogP contribution is 2.34. The number of carbonyl (C=O) groups excluding carboxylic acids is 1. The monoisotopic (exact) mass is 430 g/mol. The SMILES string of the molecule is Cc1ccccc1NC(=S)NC(=O)C=Cc1ccc(-c2cccc(Cl)c2Cl)o1. The van der Waals surface area contributed by atoms with Gasteiger partial charge in [0.15, 0.2) is 5.11 Å². The molecule has 0 aliphatic rings. The number of furan rings is 1. The van der Waals surface area contributed by atoms with Gasteiger partial charge in [-0.05, 0) is 61.1 Å². The topological polar surface area (TPSA) is 54.3 Å². The van der Waals surface area contributed by atoms with E-state index in [9.17, 15) is 4.79 Å². The van der Waals surface area contributed by atoms with Gasteiger partial charge in [0.05, 0.1) is 10.0 Å². The molecule has 0 radical (unpaired) electrons. The first-order valence-electron chi connectivity index (χ1n) is 8.34. The fraction of sp³-hybridized carbons (Fsp3) is 0.0476. The molecule has 28 heavy (non-hydrogen) atoms. The molecule has 0 unspecified atom stereocenters. The van der Waals surface area contributed by atoms with Crippen LogP contribution in [-0.4, -0.2) is 11.0 Å². The van der Waals surface area contributed by atoms with Crippen LogP contribution in [0.1, 0.15) is 11.3 Å². The van der Waals surface area contributed by atoms with Crippen LogP contribution in [0.25, 0.3) is 17.4 Å². The predicted molar refractivity (Wildman–Crippen MR) is 119 cm³/mol. The molecule has 3 aromatic rings. The van der Waals surface area contributed by atoms with Crippen LogP contribution in [0.5, 0.6) is 0 Å². The summed E-state index contributed by atoms with van der Waals surface area (Å²) in [6, 6.07) is 16.5. The highest BCUT2D eigenvalue weighted by atomic mass is 35.5. The zero-order valence-corrected chi connectivity index (χ0v) is 17.2. The van der Waals surface area contributed by atoms with Crippen molar-refractivity contribution in [2.75, 3.05) is 5.32 Å². The van der Waals surface area contributed by atoms with Crippen LogP contribution in [0, 0.1) is 6.92 Å². The number of thiocarbonyl (C=S) groups is 1. The smallest absolute Gasteiger partial charge is 0.250 e. The van der Waals surface area contributed by atoms with Gasteiger partial charge in [-0.25, -0.2) is 0 Å². The van der Waals surface area contributed by atoms with Crippen LogP contribution >= 0.6 is 35.4 Å². The maximum atomic E-state index is 12.1. The second-order valence-electron chi connectivity index (χ2n) is 5.90. The van der Waals surface area contributed by atoms with Gasteiger partial charge >= 0.3 is 0 Å². The number of hydrogen-bond acceptors (Lipinski definition) is 3. The lowest BCUT2D eigenvalue weighted by Gasteiger charge is -2.10. The molecule has 142 valence electrons. The Bertz CT molecular complexity index is 1060. The van der Waals surface area contributed by atoms with E-state index < -0.39 is 0 Å². The first kappa shape index (κ1) is 20.1. The van der Waals surface area contributed by atoms with Crippen molar-refractivity contribution in [2.24, 2.45) is 0 Å². The Hall–Kier alpha value is -2.60. The first-order valence-corrected chi connectivity index (χ1v) is 9.50. The largest absolute Gasteiger partial charge is 0.457 e.